The maximum atomic E-state index is 9.33. The summed E-state index contributed by atoms with van der Waals surface area (Å²) in [6, 6.07) is 11.5. The lowest BCUT2D eigenvalue weighted by Crippen LogP contribution is -1.85. The van der Waals surface area contributed by atoms with E-state index in [-0.39, 0.29) is 0 Å². The van der Waals surface area contributed by atoms with Crippen molar-refractivity contribution >= 4 is 15.9 Å². The summed E-state index contributed by atoms with van der Waals surface area (Å²) in [5, 5.41) is 9.33. The van der Waals surface area contributed by atoms with E-state index in [0.29, 0.717) is 5.76 Å². The Kier molecular flexibility index (Phi) is 2.93. The molecule has 2 nitrogen and oxygen atoms in total. The van der Waals surface area contributed by atoms with Crippen molar-refractivity contribution in [2.45, 2.75) is 13.0 Å². The molecule has 0 saturated carbocycles. The first kappa shape index (κ1) is 10.5. The fourth-order valence-electron chi connectivity index (χ4n) is 1.35. The van der Waals surface area contributed by atoms with Crippen molar-refractivity contribution in [3.8, 4) is 11.3 Å². The third-order valence-corrected chi connectivity index (χ3v) is 2.70. The molecule has 0 bridgehead atoms. The minimum atomic E-state index is -0.561. The van der Waals surface area contributed by atoms with Crippen molar-refractivity contribution in [3.05, 3.63) is 46.6 Å². The highest BCUT2D eigenvalue weighted by molar-refractivity contribution is 9.10. The zero-order chi connectivity index (χ0) is 10.8. The molecule has 0 saturated heterocycles. The normalized spacial score (nSPS) is 12.7. The first-order valence-electron chi connectivity index (χ1n) is 4.70. The van der Waals surface area contributed by atoms with Crippen LogP contribution >= 0.6 is 15.9 Å². The van der Waals surface area contributed by atoms with Gasteiger partial charge in [-0.1, -0.05) is 28.1 Å². The third-order valence-electron chi connectivity index (χ3n) is 2.17. The fourth-order valence-corrected chi connectivity index (χ4v) is 1.61. The molecule has 0 fully saturated rings. The zero-order valence-electron chi connectivity index (χ0n) is 8.27. The molecule has 1 atom stereocenters. The standard InChI is InChI=1S/C12H11BrO2/c1-8(14)11-6-7-12(15-11)9-2-4-10(13)5-3-9/h2-8,14H,1H3/t8-/m0/s1. The van der Waals surface area contributed by atoms with Crippen molar-refractivity contribution in [2.24, 2.45) is 0 Å². The van der Waals surface area contributed by atoms with E-state index in [9.17, 15) is 5.11 Å². The van der Waals surface area contributed by atoms with Gasteiger partial charge in [0.15, 0.2) is 0 Å². The van der Waals surface area contributed by atoms with Crippen molar-refractivity contribution in [1.82, 2.24) is 0 Å². The molecule has 1 aromatic heterocycles. The van der Waals surface area contributed by atoms with Gasteiger partial charge in [0.2, 0.25) is 0 Å². The molecular weight excluding hydrogens is 256 g/mol. The summed E-state index contributed by atoms with van der Waals surface area (Å²) >= 11 is 3.38. The average Bonchev–Trinajstić information content (AvgIpc) is 2.68. The first-order chi connectivity index (χ1) is 7.16. The molecule has 0 unspecified atom stereocenters. The molecule has 1 aromatic carbocycles. The molecular formula is C12H11BrO2. The molecule has 3 heteroatoms. The number of aliphatic hydroxyl groups is 1. The van der Waals surface area contributed by atoms with Gasteiger partial charge >= 0.3 is 0 Å². The Morgan fingerprint density at radius 2 is 1.80 bits per heavy atom. The molecule has 0 radical (unpaired) electrons. The van der Waals surface area contributed by atoms with Gasteiger partial charge < -0.3 is 9.52 Å². The van der Waals surface area contributed by atoms with Crippen LogP contribution < -0.4 is 0 Å². The van der Waals surface area contributed by atoms with Crippen LogP contribution in [0.2, 0.25) is 0 Å². The summed E-state index contributed by atoms with van der Waals surface area (Å²) in [5.74, 6) is 1.37. The zero-order valence-corrected chi connectivity index (χ0v) is 9.86. The predicted octanol–water partition coefficient (Wildman–Crippen LogP) is 3.76. The Labute approximate surface area is 96.7 Å². The molecule has 2 aromatic rings. The summed E-state index contributed by atoms with van der Waals surface area (Å²) < 4.78 is 6.54. The Morgan fingerprint density at radius 3 is 2.33 bits per heavy atom. The van der Waals surface area contributed by atoms with Crippen LogP contribution in [-0.4, -0.2) is 5.11 Å². The largest absolute Gasteiger partial charge is 0.458 e. The lowest BCUT2D eigenvalue weighted by molar-refractivity contribution is 0.170. The van der Waals surface area contributed by atoms with Gasteiger partial charge in [-0.2, -0.15) is 0 Å². The minimum absolute atomic E-state index is 0.561. The van der Waals surface area contributed by atoms with Crippen LogP contribution in [0.3, 0.4) is 0 Å². The maximum absolute atomic E-state index is 9.33. The summed E-state index contributed by atoms with van der Waals surface area (Å²) in [7, 11) is 0. The predicted molar refractivity (Wildman–Crippen MR) is 62.5 cm³/mol. The van der Waals surface area contributed by atoms with Crippen molar-refractivity contribution in [2.75, 3.05) is 0 Å². The fraction of sp³-hybridized carbons (Fsp3) is 0.167. The van der Waals surface area contributed by atoms with Gasteiger partial charge in [-0.05, 0) is 31.2 Å². The van der Waals surface area contributed by atoms with Crippen LogP contribution in [0.5, 0.6) is 0 Å². The highest BCUT2D eigenvalue weighted by atomic mass is 79.9. The van der Waals surface area contributed by atoms with Crippen molar-refractivity contribution < 1.29 is 9.52 Å². The lowest BCUT2D eigenvalue weighted by Gasteiger charge is -1.99. The number of rotatable bonds is 2. The molecule has 0 aliphatic rings. The van der Waals surface area contributed by atoms with Crippen molar-refractivity contribution in [1.29, 1.82) is 0 Å². The maximum Gasteiger partial charge on any atom is 0.134 e. The van der Waals surface area contributed by atoms with E-state index < -0.39 is 6.10 Å². The van der Waals surface area contributed by atoms with Gasteiger partial charge in [-0.15, -0.1) is 0 Å². The summed E-state index contributed by atoms with van der Waals surface area (Å²) in [6.07, 6.45) is -0.561. The lowest BCUT2D eigenvalue weighted by atomic mass is 10.2. The molecule has 0 aliphatic carbocycles. The number of halogens is 1. The summed E-state index contributed by atoms with van der Waals surface area (Å²) in [5.41, 5.74) is 1.00. The van der Waals surface area contributed by atoms with E-state index in [0.717, 1.165) is 15.8 Å². The number of hydrogen-bond acceptors (Lipinski definition) is 2. The molecule has 0 aliphatic heterocycles. The van der Waals surface area contributed by atoms with Crippen LogP contribution in [0.15, 0.2) is 45.3 Å². The minimum Gasteiger partial charge on any atom is -0.458 e. The van der Waals surface area contributed by atoms with Crippen LogP contribution in [0, 0.1) is 0 Å². The first-order valence-corrected chi connectivity index (χ1v) is 5.50. The van der Waals surface area contributed by atoms with E-state index in [1.807, 2.05) is 30.3 Å². The number of benzene rings is 1. The van der Waals surface area contributed by atoms with Crippen molar-refractivity contribution in [3.63, 3.8) is 0 Å². The van der Waals surface area contributed by atoms with Crippen LogP contribution in [0.4, 0.5) is 0 Å². The Bertz CT molecular complexity index is 443. The summed E-state index contributed by atoms with van der Waals surface area (Å²) in [4.78, 5) is 0. The quantitative estimate of drug-likeness (QED) is 0.898. The highest BCUT2D eigenvalue weighted by Gasteiger charge is 2.08. The number of aliphatic hydroxyl groups excluding tert-OH is 1. The van der Waals surface area contributed by atoms with E-state index in [1.54, 1.807) is 13.0 Å². The van der Waals surface area contributed by atoms with Crippen LogP contribution in [0.1, 0.15) is 18.8 Å². The second-order valence-corrected chi connectivity index (χ2v) is 4.30. The van der Waals surface area contributed by atoms with Crippen LogP contribution in [0.25, 0.3) is 11.3 Å². The third kappa shape index (κ3) is 2.30. The molecule has 78 valence electrons. The molecule has 15 heavy (non-hydrogen) atoms. The molecule has 0 spiro atoms. The van der Waals surface area contributed by atoms with Gasteiger partial charge in [0.05, 0.1) is 0 Å². The Hall–Kier alpha value is -1.06. The van der Waals surface area contributed by atoms with E-state index >= 15 is 0 Å². The van der Waals surface area contributed by atoms with Gasteiger partial charge in [0.1, 0.15) is 17.6 Å². The second kappa shape index (κ2) is 4.21. The monoisotopic (exact) mass is 266 g/mol. The number of hydrogen-bond donors (Lipinski definition) is 1. The SMILES string of the molecule is C[C@H](O)c1ccc(-c2ccc(Br)cc2)o1. The smallest absolute Gasteiger partial charge is 0.134 e. The Balaban J connectivity index is 2.33. The van der Waals surface area contributed by atoms with E-state index in [4.69, 9.17) is 4.42 Å². The molecule has 0 amide bonds. The molecule has 1 N–H and O–H groups in total. The second-order valence-electron chi connectivity index (χ2n) is 3.38. The van der Waals surface area contributed by atoms with E-state index in [1.165, 1.54) is 0 Å². The van der Waals surface area contributed by atoms with Gasteiger partial charge in [0, 0.05) is 10.0 Å². The molecule has 2 rings (SSSR count). The topological polar surface area (TPSA) is 33.4 Å². The highest BCUT2D eigenvalue weighted by Crippen LogP contribution is 2.26. The average molecular weight is 267 g/mol. The summed E-state index contributed by atoms with van der Waals surface area (Å²) in [6.45, 7) is 1.68. The molecule has 1 heterocycles. The van der Waals surface area contributed by atoms with Crippen LogP contribution in [-0.2, 0) is 0 Å². The van der Waals surface area contributed by atoms with Gasteiger partial charge in [0.25, 0.3) is 0 Å². The van der Waals surface area contributed by atoms with Gasteiger partial charge in [-0.25, -0.2) is 0 Å². The van der Waals surface area contributed by atoms with E-state index in [2.05, 4.69) is 15.9 Å². The van der Waals surface area contributed by atoms with Gasteiger partial charge in [-0.3, -0.25) is 0 Å². The Morgan fingerprint density at radius 1 is 1.13 bits per heavy atom. The number of furan rings is 1.